The van der Waals surface area contributed by atoms with E-state index in [0.29, 0.717) is 12.1 Å². The second-order valence-corrected chi connectivity index (χ2v) is 4.98. The largest absolute Gasteiger partial charge is 0.467 e. The summed E-state index contributed by atoms with van der Waals surface area (Å²) in [5, 5.41) is 3.21. The molecular formula is C16H18N2O3. The molecule has 0 amide bonds. The topological polar surface area (TPSA) is 60.3 Å². The van der Waals surface area contributed by atoms with Crippen molar-refractivity contribution in [2.24, 2.45) is 0 Å². The van der Waals surface area contributed by atoms with Crippen molar-refractivity contribution in [3.05, 3.63) is 58.5 Å². The molecule has 2 heterocycles. The Labute approximate surface area is 122 Å². The number of hydrogen-bond donors (Lipinski definition) is 1. The number of fused-ring (bicyclic) bond motifs is 1. The normalized spacial score (nSPS) is 12.9. The highest BCUT2D eigenvalue weighted by atomic mass is 16.4. The molecule has 5 nitrogen and oxygen atoms in total. The lowest BCUT2D eigenvalue weighted by Gasteiger charge is -2.13. The molecule has 5 heteroatoms. The van der Waals surface area contributed by atoms with Gasteiger partial charge in [0, 0.05) is 6.54 Å². The van der Waals surface area contributed by atoms with E-state index in [1.54, 1.807) is 10.8 Å². The van der Waals surface area contributed by atoms with Crippen LogP contribution < -0.4 is 11.1 Å². The molecule has 0 radical (unpaired) electrons. The molecule has 0 saturated carbocycles. The van der Waals surface area contributed by atoms with Crippen molar-refractivity contribution in [2.45, 2.75) is 25.9 Å². The molecule has 0 aliphatic carbocycles. The van der Waals surface area contributed by atoms with Gasteiger partial charge in [-0.25, -0.2) is 4.79 Å². The first-order chi connectivity index (χ1) is 10.2. The van der Waals surface area contributed by atoms with E-state index in [2.05, 4.69) is 5.32 Å². The van der Waals surface area contributed by atoms with E-state index in [1.807, 2.05) is 44.3 Å². The zero-order valence-electron chi connectivity index (χ0n) is 12.1. The molecule has 1 unspecified atom stereocenters. The van der Waals surface area contributed by atoms with Crippen molar-refractivity contribution in [1.29, 1.82) is 0 Å². The third kappa shape index (κ3) is 2.40. The summed E-state index contributed by atoms with van der Waals surface area (Å²) in [6.07, 6.45) is 2.54. The summed E-state index contributed by atoms with van der Waals surface area (Å²) in [4.78, 5) is 11.9. The first-order valence-corrected chi connectivity index (χ1v) is 7.08. The second-order valence-electron chi connectivity index (χ2n) is 4.98. The molecule has 0 fully saturated rings. The fourth-order valence-corrected chi connectivity index (χ4v) is 2.63. The number of aryl methyl sites for hydroxylation is 1. The molecule has 0 saturated heterocycles. The fourth-order valence-electron chi connectivity index (χ4n) is 2.63. The van der Waals surface area contributed by atoms with Gasteiger partial charge >= 0.3 is 5.76 Å². The predicted octanol–water partition coefficient (Wildman–Crippen LogP) is 2.91. The van der Waals surface area contributed by atoms with Crippen LogP contribution in [0, 0.1) is 0 Å². The van der Waals surface area contributed by atoms with Gasteiger partial charge < -0.3 is 14.2 Å². The Morgan fingerprint density at radius 1 is 1.33 bits per heavy atom. The Hall–Kier alpha value is -2.27. The standard InChI is InChI=1S/C16H18N2O3/c1-3-8-18-12-7-6-11(10-14(12)21-16(18)19)15(17-2)13-5-4-9-20-13/h4-7,9-10,15,17H,3,8H2,1-2H3. The number of nitrogens with zero attached hydrogens (tertiary/aromatic N) is 1. The average Bonchev–Trinajstić information content (AvgIpc) is 3.09. The summed E-state index contributed by atoms with van der Waals surface area (Å²) in [6, 6.07) is 9.53. The summed E-state index contributed by atoms with van der Waals surface area (Å²) in [6.45, 7) is 2.70. The number of oxazole rings is 1. The number of benzene rings is 1. The van der Waals surface area contributed by atoms with E-state index in [9.17, 15) is 4.79 Å². The van der Waals surface area contributed by atoms with Crippen LogP contribution in [0.25, 0.3) is 11.1 Å². The number of rotatable bonds is 5. The van der Waals surface area contributed by atoms with E-state index in [-0.39, 0.29) is 11.8 Å². The van der Waals surface area contributed by atoms with Crippen molar-refractivity contribution in [1.82, 2.24) is 9.88 Å². The van der Waals surface area contributed by atoms with Crippen LogP contribution in [-0.2, 0) is 6.54 Å². The highest BCUT2D eigenvalue weighted by molar-refractivity contribution is 5.74. The lowest BCUT2D eigenvalue weighted by atomic mass is 10.0. The molecule has 1 N–H and O–H groups in total. The van der Waals surface area contributed by atoms with Crippen LogP contribution in [0.5, 0.6) is 0 Å². The quantitative estimate of drug-likeness (QED) is 0.783. The lowest BCUT2D eigenvalue weighted by molar-refractivity contribution is 0.463. The van der Waals surface area contributed by atoms with E-state index < -0.39 is 0 Å². The van der Waals surface area contributed by atoms with E-state index in [0.717, 1.165) is 23.3 Å². The van der Waals surface area contributed by atoms with E-state index >= 15 is 0 Å². The Morgan fingerprint density at radius 3 is 2.86 bits per heavy atom. The summed E-state index contributed by atoms with van der Waals surface area (Å²) >= 11 is 0. The first-order valence-electron chi connectivity index (χ1n) is 7.08. The number of hydrogen-bond acceptors (Lipinski definition) is 4. The maximum absolute atomic E-state index is 11.9. The second kappa shape index (κ2) is 5.61. The van der Waals surface area contributed by atoms with Gasteiger partial charge in [0.2, 0.25) is 0 Å². The van der Waals surface area contributed by atoms with Crippen molar-refractivity contribution in [3.8, 4) is 0 Å². The molecular weight excluding hydrogens is 268 g/mol. The molecule has 1 aromatic carbocycles. The molecule has 3 rings (SSSR count). The Bertz CT molecular complexity index is 784. The molecule has 0 aliphatic heterocycles. The van der Waals surface area contributed by atoms with Gasteiger partial charge in [0.05, 0.1) is 17.8 Å². The summed E-state index contributed by atoms with van der Waals surface area (Å²) < 4.78 is 12.5. The van der Waals surface area contributed by atoms with E-state index in [4.69, 9.17) is 8.83 Å². The molecule has 2 aromatic heterocycles. The summed E-state index contributed by atoms with van der Waals surface area (Å²) in [7, 11) is 1.87. The van der Waals surface area contributed by atoms with Gasteiger partial charge in [-0.05, 0) is 43.3 Å². The minimum Gasteiger partial charge on any atom is -0.467 e. The van der Waals surface area contributed by atoms with Crippen LogP contribution in [0.4, 0.5) is 0 Å². The van der Waals surface area contributed by atoms with Gasteiger partial charge in [0.25, 0.3) is 0 Å². The summed E-state index contributed by atoms with van der Waals surface area (Å²) in [5.74, 6) is 0.523. The third-order valence-electron chi connectivity index (χ3n) is 3.59. The first kappa shape index (κ1) is 13.7. The fraction of sp³-hybridized carbons (Fsp3) is 0.312. The third-order valence-corrected chi connectivity index (χ3v) is 3.59. The van der Waals surface area contributed by atoms with Crippen LogP contribution in [0.15, 0.2) is 50.2 Å². The lowest BCUT2D eigenvalue weighted by Crippen LogP contribution is -2.17. The zero-order chi connectivity index (χ0) is 14.8. The molecule has 110 valence electrons. The van der Waals surface area contributed by atoms with Crippen LogP contribution in [0.1, 0.15) is 30.7 Å². The zero-order valence-corrected chi connectivity index (χ0v) is 12.1. The van der Waals surface area contributed by atoms with Gasteiger partial charge in [0.15, 0.2) is 5.58 Å². The van der Waals surface area contributed by atoms with Gasteiger partial charge in [-0.1, -0.05) is 13.0 Å². The van der Waals surface area contributed by atoms with Crippen molar-refractivity contribution in [2.75, 3.05) is 7.05 Å². The van der Waals surface area contributed by atoms with E-state index in [1.165, 1.54) is 0 Å². The number of furan rings is 1. The maximum atomic E-state index is 11.9. The molecule has 21 heavy (non-hydrogen) atoms. The Morgan fingerprint density at radius 2 is 2.19 bits per heavy atom. The SMILES string of the molecule is CCCn1c(=O)oc2cc(C(NC)c3ccco3)ccc21. The highest BCUT2D eigenvalue weighted by Gasteiger charge is 2.17. The molecule has 3 aromatic rings. The van der Waals surface area contributed by atoms with Gasteiger partial charge in [-0.15, -0.1) is 0 Å². The Kier molecular flexibility index (Phi) is 3.66. The summed E-state index contributed by atoms with van der Waals surface area (Å²) in [5.41, 5.74) is 2.44. The maximum Gasteiger partial charge on any atom is 0.419 e. The molecule has 0 spiro atoms. The number of aromatic nitrogens is 1. The average molecular weight is 286 g/mol. The van der Waals surface area contributed by atoms with Crippen molar-refractivity contribution in [3.63, 3.8) is 0 Å². The van der Waals surface area contributed by atoms with Gasteiger partial charge in [-0.2, -0.15) is 0 Å². The van der Waals surface area contributed by atoms with Crippen LogP contribution in [0.2, 0.25) is 0 Å². The van der Waals surface area contributed by atoms with Crippen molar-refractivity contribution >= 4 is 11.1 Å². The minimum atomic E-state index is -0.303. The van der Waals surface area contributed by atoms with Crippen molar-refractivity contribution < 1.29 is 8.83 Å². The highest BCUT2D eigenvalue weighted by Crippen LogP contribution is 2.25. The smallest absolute Gasteiger partial charge is 0.419 e. The van der Waals surface area contributed by atoms with Crippen LogP contribution in [0.3, 0.4) is 0 Å². The monoisotopic (exact) mass is 286 g/mol. The van der Waals surface area contributed by atoms with Crippen LogP contribution in [-0.4, -0.2) is 11.6 Å². The predicted molar refractivity (Wildman–Crippen MR) is 80.4 cm³/mol. The Balaban J connectivity index is 2.07. The molecule has 1 atom stereocenters. The molecule has 0 aliphatic rings. The van der Waals surface area contributed by atoms with Crippen LogP contribution >= 0.6 is 0 Å². The molecule has 0 bridgehead atoms. The number of nitrogens with one attached hydrogen (secondary N) is 1. The minimum absolute atomic E-state index is 0.0655. The van der Waals surface area contributed by atoms with Gasteiger partial charge in [0.1, 0.15) is 5.76 Å². The van der Waals surface area contributed by atoms with Gasteiger partial charge in [-0.3, -0.25) is 4.57 Å².